The van der Waals surface area contributed by atoms with Gasteiger partial charge in [0.2, 0.25) is 5.91 Å². The fourth-order valence-corrected chi connectivity index (χ4v) is 2.65. The van der Waals surface area contributed by atoms with Gasteiger partial charge in [-0.2, -0.15) is 0 Å². The van der Waals surface area contributed by atoms with Gasteiger partial charge in [0, 0.05) is 29.9 Å². The molecule has 6 heteroatoms. The van der Waals surface area contributed by atoms with Crippen LogP contribution in [-0.2, 0) is 11.3 Å². The van der Waals surface area contributed by atoms with Crippen LogP contribution in [-0.4, -0.2) is 28.9 Å². The summed E-state index contributed by atoms with van der Waals surface area (Å²) in [5.74, 6) is -0.280. The normalized spacial score (nSPS) is 20.9. The van der Waals surface area contributed by atoms with Crippen molar-refractivity contribution in [3.63, 3.8) is 0 Å². The van der Waals surface area contributed by atoms with E-state index in [-0.39, 0.29) is 11.8 Å². The number of pyridine rings is 1. The molecular formula is C12H15Cl2N3O. The van der Waals surface area contributed by atoms with Crippen LogP contribution in [0.4, 0.5) is 0 Å². The van der Waals surface area contributed by atoms with Crippen LogP contribution in [0.25, 0.3) is 0 Å². The first-order valence-electron chi connectivity index (χ1n) is 5.88. The Balaban J connectivity index is 2.02. The number of hydrogen-bond acceptors (Lipinski definition) is 3. The van der Waals surface area contributed by atoms with Gasteiger partial charge < -0.3 is 5.73 Å². The number of rotatable bonds is 3. The second-order valence-electron chi connectivity index (χ2n) is 4.58. The third-order valence-corrected chi connectivity index (χ3v) is 3.76. The predicted octanol–water partition coefficient (Wildman–Crippen LogP) is 2.09. The van der Waals surface area contributed by atoms with Gasteiger partial charge in [-0.25, -0.2) is 4.98 Å². The molecule has 0 aromatic carbocycles. The summed E-state index contributed by atoms with van der Waals surface area (Å²) in [5.41, 5.74) is 6.27. The number of carbonyl (C=O) groups excluding carboxylic acids is 1. The number of aromatic nitrogens is 1. The number of hydrogen-bond donors (Lipinski definition) is 1. The highest BCUT2D eigenvalue weighted by Crippen LogP contribution is 2.23. The molecule has 1 aromatic rings. The molecule has 1 fully saturated rings. The van der Waals surface area contributed by atoms with E-state index in [9.17, 15) is 4.79 Å². The van der Waals surface area contributed by atoms with Gasteiger partial charge in [0.1, 0.15) is 5.15 Å². The van der Waals surface area contributed by atoms with E-state index in [2.05, 4.69) is 9.88 Å². The van der Waals surface area contributed by atoms with E-state index >= 15 is 0 Å². The van der Waals surface area contributed by atoms with Crippen molar-refractivity contribution in [3.8, 4) is 0 Å². The molecule has 1 aliphatic rings. The van der Waals surface area contributed by atoms with Crippen LogP contribution in [0.5, 0.6) is 0 Å². The second kappa shape index (κ2) is 5.87. The quantitative estimate of drug-likeness (QED) is 0.866. The van der Waals surface area contributed by atoms with Gasteiger partial charge in [0.15, 0.2) is 0 Å². The summed E-state index contributed by atoms with van der Waals surface area (Å²) in [7, 11) is 0. The van der Waals surface area contributed by atoms with Gasteiger partial charge in [0.05, 0.1) is 5.92 Å². The van der Waals surface area contributed by atoms with Crippen molar-refractivity contribution in [1.29, 1.82) is 0 Å². The molecule has 2 heterocycles. The van der Waals surface area contributed by atoms with Gasteiger partial charge in [-0.05, 0) is 25.5 Å². The van der Waals surface area contributed by atoms with Crippen molar-refractivity contribution in [3.05, 3.63) is 28.0 Å². The highest BCUT2D eigenvalue weighted by molar-refractivity contribution is 6.34. The van der Waals surface area contributed by atoms with Gasteiger partial charge >= 0.3 is 0 Å². The third-order valence-electron chi connectivity index (χ3n) is 3.20. The summed E-state index contributed by atoms with van der Waals surface area (Å²) in [5, 5.41) is 0.994. The summed E-state index contributed by atoms with van der Waals surface area (Å²) in [6, 6.07) is 1.63. The first kappa shape index (κ1) is 13.6. The van der Waals surface area contributed by atoms with E-state index in [0.717, 1.165) is 24.9 Å². The van der Waals surface area contributed by atoms with E-state index in [1.165, 1.54) is 0 Å². The molecule has 1 saturated heterocycles. The lowest BCUT2D eigenvalue weighted by Gasteiger charge is -2.31. The molecule has 18 heavy (non-hydrogen) atoms. The Morgan fingerprint density at radius 3 is 3.00 bits per heavy atom. The number of amides is 1. The van der Waals surface area contributed by atoms with Gasteiger partial charge in [-0.15, -0.1) is 0 Å². The van der Waals surface area contributed by atoms with Crippen molar-refractivity contribution in [2.75, 3.05) is 13.1 Å². The number of primary amides is 1. The van der Waals surface area contributed by atoms with Crippen molar-refractivity contribution in [1.82, 2.24) is 9.88 Å². The molecule has 0 radical (unpaired) electrons. The lowest BCUT2D eigenvalue weighted by Crippen LogP contribution is -2.40. The fourth-order valence-electron chi connectivity index (χ4n) is 2.22. The van der Waals surface area contributed by atoms with Crippen LogP contribution in [0, 0.1) is 5.92 Å². The van der Waals surface area contributed by atoms with Crippen LogP contribution in [0.2, 0.25) is 10.2 Å². The summed E-state index contributed by atoms with van der Waals surface area (Å²) >= 11 is 11.9. The molecule has 1 aliphatic heterocycles. The molecule has 4 nitrogen and oxygen atoms in total. The van der Waals surface area contributed by atoms with Gasteiger partial charge in [-0.3, -0.25) is 9.69 Å². The third kappa shape index (κ3) is 3.34. The molecule has 1 aromatic heterocycles. The van der Waals surface area contributed by atoms with Crippen LogP contribution >= 0.6 is 23.2 Å². The molecule has 98 valence electrons. The molecule has 1 amide bonds. The Bertz CT molecular complexity index is 453. The maximum absolute atomic E-state index is 11.2. The summed E-state index contributed by atoms with van der Waals surface area (Å²) in [6.45, 7) is 2.31. The smallest absolute Gasteiger partial charge is 0.221 e. The number of halogens is 2. The summed E-state index contributed by atoms with van der Waals surface area (Å²) < 4.78 is 0. The van der Waals surface area contributed by atoms with Gasteiger partial charge in [-0.1, -0.05) is 23.2 Å². The highest BCUT2D eigenvalue weighted by Gasteiger charge is 2.24. The van der Waals surface area contributed by atoms with Crippen LogP contribution < -0.4 is 5.73 Å². The number of nitrogens with two attached hydrogens (primary N) is 1. The van der Waals surface area contributed by atoms with E-state index in [1.807, 2.05) is 0 Å². The Morgan fingerprint density at radius 1 is 1.56 bits per heavy atom. The van der Waals surface area contributed by atoms with Gasteiger partial charge in [0.25, 0.3) is 0 Å². The Labute approximate surface area is 116 Å². The maximum atomic E-state index is 11.2. The van der Waals surface area contributed by atoms with E-state index in [1.54, 1.807) is 12.3 Å². The first-order chi connectivity index (χ1) is 8.56. The van der Waals surface area contributed by atoms with Crippen molar-refractivity contribution >= 4 is 29.1 Å². The minimum atomic E-state index is -0.222. The number of piperidine rings is 1. The molecule has 1 atom stereocenters. The Kier molecular flexibility index (Phi) is 4.43. The largest absolute Gasteiger partial charge is 0.369 e. The van der Waals surface area contributed by atoms with Crippen LogP contribution in [0.1, 0.15) is 18.4 Å². The second-order valence-corrected chi connectivity index (χ2v) is 5.37. The molecule has 0 bridgehead atoms. The number of likely N-dealkylation sites (tertiary alicyclic amines) is 1. The SMILES string of the molecule is NC(=O)C1CCCN(Cc2cnc(Cl)cc2Cl)C1. The number of nitrogens with zero attached hydrogens (tertiary/aromatic N) is 2. The Morgan fingerprint density at radius 2 is 2.33 bits per heavy atom. The average Bonchev–Trinajstić information content (AvgIpc) is 2.33. The summed E-state index contributed by atoms with van der Waals surface area (Å²) in [4.78, 5) is 17.4. The van der Waals surface area contributed by atoms with Crippen LogP contribution in [0.15, 0.2) is 12.3 Å². The molecular weight excluding hydrogens is 273 g/mol. The molecule has 2 rings (SSSR count). The predicted molar refractivity (Wildman–Crippen MR) is 71.5 cm³/mol. The fraction of sp³-hybridized carbons (Fsp3) is 0.500. The highest BCUT2D eigenvalue weighted by atomic mass is 35.5. The monoisotopic (exact) mass is 287 g/mol. The molecule has 1 unspecified atom stereocenters. The zero-order chi connectivity index (χ0) is 13.1. The first-order valence-corrected chi connectivity index (χ1v) is 6.63. The molecule has 2 N–H and O–H groups in total. The summed E-state index contributed by atoms with van der Waals surface area (Å²) in [6.07, 6.45) is 3.53. The maximum Gasteiger partial charge on any atom is 0.221 e. The minimum absolute atomic E-state index is 0.0576. The molecule has 0 spiro atoms. The standard InChI is InChI=1S/C12H15Cl2N3O/c13-10-4-11(14)16-5-9(10)7-17-3-1-2-8(6-17)12(15)18/h4-5,8H,1-3,6-7H2,(H2,15,18). The Hall–Kier alpha value is -0.840. The lowest BCUT2D eigenvalue weighted by molar-refractivity contribution is -0.123. The zero-order valence-corrected chi connectivity index (χ0v) is 11.4. The van der Waals surface area contributed by atoms with E-state index in [4.69, 9.17) is 28.9 Å². The average molecular weight is 288 g/mol. The molecule has 0 aliphatic carbocycles. The zero-order valence-electron chi connectivity index (χ0n) is 9.90. The van der Waals surface area contributed by atoms with Crippen molar-refractivity contribution in [2.45, 2.75) is 19.4 Å². The van der Waals surface area contributed by atoms with E-state index in [0.29, 0.717) is 23.3 Å². The minimum Gasteiger partial charge on any atom is -0.369 e. The topological polar surface area (TPSA) is 59.2 Å². The van der Waals surface area contributed by atoms with Crippen molar-refractivity contribution < 1.29 is 4.79 Å². The van der Waals surface area contributed by atoms with Crippen molar-refractivity contribution in [2.24, 2.45) is 11.7 Å². The molecule has 0 saturated carbocycles. The number of carbonyl (C=O) groups is 1. The van der Waals surface area contributed by atoms with E-state index < -0.39 is 0 Å². The van der Waals surface area contributed by atoms with Crippen LogP contribution in [0.3, 0.4) is 0 Å². The lowest BCUT2D eigenvalue weighted by atomic mass is 9.97.